The first kappa shape index (κ1) is 15.2. The summed E-state index contributed by atoms with van der Waals surface area (Å²) in [4.78, 5) is 26.2. The second-order valence-corrected chi connectivity index (χ2v) is 5.97. The quantitative estimate of drug-likeness (QED) is 0.875. The Bertz CT molecular complexity index is 772. The number of anilines is 1. The molecule has 0 spiro atoms. The fourth-order valence-corrected chi connectivity index (χ4v) is 3.11. The van der Waals surface area contributed by atoms with Crippen molar-refractivity contribution in [3.05, 3.63) is 59.9 Å². The number of aromatic nitrogens is 1. The summed E-state index contributed by atoms with van der Waals surface area (Å²) in [7, 11) is 0. The van der Waals surface area contributed by atoms with E-state index in [9.17, 15) is 9.59 Å². The molecular weight excluding hydrogens is 290 g/mol. The average molecular weight is 310 g/mol. The lowest BCUT2D eigenvalue weighted by atomic mass is 10.1. The van der Waals surface area contributed by atoms with E-state index in [-0.39, 0.29) is 11.9 Å². The maximum Gasteiger partial charge on any atom is 0.296 e. The fourth-order valence-electron chi connectivity index (χ4n) is 3.11. The second kappa shape index (κ2) is 5.83. The van der Waals surface area contributed by atoms with E-state index in [4.69, 9.17) is 5.73 Å². The highest BCUT2D eigenvalue weighted by molar-refractivity contribution is 5.97. The van der Waals surface area contributed by atoms with Crippen LogP contribution in [0.2, 0.25) is 0 Å². The molecule has 2 heterocycles. The number of benzene rings is 1. The van der Waals surface area contributed by atoms with Gasteiger partial charge in [0.15, 0.2) is 12.4 Å². The van der Waals surface area contributed by atoms with Crippen LogP contribution in [0.4, 0.5) is 5.69 Å². The highest BCUT2D eigenvalue weighted by Gasteiger charge is 2.36. The minimum Gasteiger partial charge on any atom is -0.365 e. The van der Waals surface area contributed by atoms with Gasteiger partial charge in [-0.05, 0) is 31.0 Å². The molecule has 0 saturated carbocycles. The Hall–Kier alpha value is -2.69. The third-order valence-corrected chi connectivity index (χ3v) is 4.36. The molecule has 5 heteroatoms. The van der Waals surface area contributed by atoms with E-state index in [1.807, 2.05) is 30.0 Å². The Morgan fingerprint density at radius 1 is 1.26 bits per heavy atom. The number of nitrogens with two attached hydrogens (primary N) is 1. The number of carbonyl (C=O) groups excluding carboxylic acids is 2. The van der Waals surface area contributed by atoms with Gasteiger partial charge in [-0.1, -0.05) is 18.2 Å². The second-order valence-electron chi connectivity index (χ2n) is 5.97. The maximum atomic E-state index is 13.0. The van der Waals surface area contributed by atoms with Crippen LogP contribution in [0.3, 0.4) is 0 Å². The van der Waals surface area contributed by atoms with Gasteiger partial charge in [0.05, 0.1) is 0 Å². The van der Waals surface area contributed by atoms with Gasteiger partial charge in [0.2, 0.25) is 6.04 Å². The van der Waals surface area contributed by atoms with Crippen LogP contribution in [0.15, 0.2) is 48.8 Å². The monoisotopic (exact) mass is 310 g/mol. The molecule has 0 saturated heterocycles. The van der Waals surface area contributed by atoms with Crippen LogP contribution in [0.5, 0.6) is 0 Å². The highest BCUT2D eigenvalue weighted by Crippen LogP contribution is 2.32. The van der Waals surface area contributed by atoms with Crippen LogP contribution in [-0.4, -0.2) is 17.9 Å². The number of carbonyl (C=O) groups is 2. The van der Waals surface area contributed by atoms with Crippen molar-refractivity contribution in [3.63, 3.8) is 0 Å². The Labute approximate surface area is 135 Å². The van der Waals surface area contributed by atoms with Crippen LogP contribution in [-0.2, 0) is 11.2 Å². The van der Waals surface area contributed by atoms with Gasteiger partial charge in [0.25, 0.3) is 11.8 Å². The molecule has 2 atom stereocenters. The molecule has 0 aliphatic carbocycles. The number of hydrogen-bond donors (Lipinski definition) is 1. The first-order valence-electron chi connectivity index (χ1n) is 7.70. The SMILES string of the molecule is C[C@@H]1Cc2ccccc2N1C(=O)[C@@H](C)[n+]1cccc(C(N)=O)c1. The summed E-state index contributed by atoms with van der Waals surface area (Å²) in [5.41, 5.74) is 7.88. The summed E-state index contributed by atoms with van der Waals surface area (Å²) in [6.07, 6.45) is 4.26. The van der Waals surface area contributed by atoms with Crippen molar-refractivity contribution in [2.24, 2.45) is 5.73 Å². The molecule has 5 nitrogen and oxygen atoms in total. The number of primary amides is 1. The van der Waals surface area contributed by atoms with Crippen molar-refractivity contribution in [1.29, 1.82) is 0 Å². The zero-order valence-corrected chi connectivity index (χ0v) is 13.3. The van der Waals surface area contributed by atoms with Gasteiger partial charge in [-0.2, -0.15) is 4.57 Å². The normalized spacial score (nSPS) is 17.7. The molecule has 3 rings (SSSR count). The third kappa shape index (κ3) is 2.70. The van der Waals surface area contributed by atoms with Crippen LogP contribution in [0.25, 0.3) is 0 Å². The number of amides is 2. The number of nitrogens with zero attached hydrogens (tertiary/aromatic N) is 2. The molecule has 23 heavy (non-hydrogen) atoms. The average Bonchev–Trinajstić information content (AvgIpc) is 2.89. The van der Waals surface area contributed by atoms with E-state index in [2.05, 4.69) is 13.0 Å². The molecule has 1 aromatic heterocycles. The molecule has 1 aliphatic heterocycles. The molecule has 2 N–H and O–H groups in total. The third-order valence-electron chi connectivity index (χ3n) is 4.36. The zero-order chi connectivity index (χ0) is 16.6. The van der Waals surface area contributed by atoms with Gasteiger partial charge in [0.1, 0.15) is 5.56 Å². The predicted octanol–water partition coefficient (Wildman–Crippen LogP) is 1.61. The summed E-state index contributed by atoms with van der Waals surface area (Å²) in [5, 5.41) is 0. The molecule has 2 amide bonds. The molecule has 2 aromatic rings. The van der Waals surface area contributed by atoms with E-state index in [0.717, 1.165) is 12.1 Å². The van der Waals surface area contributed by atoms with Crippen molar-refractivity contribution in [2.45, 2.75) is 32.4 Å². The minimum absolute atomic E-state index is 0.00840. The van der Waals surface area contributed by atoms with Crippen molar-refractivity contribution in [3.8, 4) is 0 Å². The Morgan fingerprint density at radius 3 is 2.74 bits per heavy atom. The van der Waals surface area contributed by atoms with Gasteiger partial charge in [0, 0.05) is 24.7 Å². The van der Waals surface area contributed by atoms with Gasteiger partial charge < -0.3 is 10.6 Å². The summed E-state index contributed by atoms with van der Waals surface area (Å²) in [6, 6.07) is 11.1. The van der Waals surface area contributed by atoms with Gasteiger partial charge in [-0.25, -0.2) is 0 Å². The minimum atomic E-state index is -0.501. The number of pyridine rings is 1. The van der Waals surface area contributed by atoms with Gasteiger partial charge >= 0.3 is 0 Å². The van der Waals surface area contributed by atoms with Crippen molar-refractivity contribution < 1.29 is 14.2 Å². The van der Waals surface area contributed by atoms with Gasteiger partial charge in [-0.15, -0.1) is 0 Å². The van der Waals surface area contributed by atoms with Crippen LogP contribution in [0, 0.1) is 0 Å². The van der Waals surface area contributed by atoms with Crippen LogP contribution < -0.4 is 15.2 Å². The molecule has 118 valence electrons. The lowest BCUT2D eigenvalue weighted by molar-refractivity contribution is -0.706. The summed E-state index contributed by atoms with van der Waals surface area (Å²) in [6.45, 7) is 3.88. The Balaban J connectivity index is 1.91. The maximum absolute atomic E-state index is 13.0. The number of fused-ring (bicyclic) bond motifs is 1. The van der Waals surface area contributed by atoms with E-state index >= 15 is 0 Å². The van der Waals surface area contributed by atoms with Crippen molar-refractivity contribution >= 4 is 17.5 Å². The molecule has 0 fully saturated rings. The molecule has 1 aliphatic rings. The first-order valence-corrected chi connectivity index (χ1v) is 7.70. The summed E-state index contributed by atoms with van der Waals surface area (Å²) in [5.74, 6) is -0.493. The molecule has 0 bridgehead atoms. The summed E-state index contributed by atoms with van der Waals surface area (Å²) < 4.78 is 1.73. The standard InChI is InChI=1S/C18H19N3O2/c1-12-10-14-6-3-4-8-16(14)21(12)18(23)13(2)20-9-5-7-15(11-20)17(19)22/h3-9,11-13H,10H2,1-2H3,(H-,19,22)/p+1/t12-,13-/m1/s1. The van der Waals surface area contributed by atoms with Gasteiger partial charge in [-0.3, -0.25) is 9.59 Å². The van der Waals surface area contributed by atoms with Crippen LogP contribution in [0.1, 0.15) is 35.8 Å². The number of hydrogen-bond acceptors (Lipinski definition) is 2. The van der Waals surface area contributed by atoms with E-state index < -0.39 is 11.9 Å². The molecular formula is C18H20N3O2+. The highest BCUT2D eigenvalue weighted by atomic mass is 16.2. The molecule has 0 radical (unpaired) electrons. The predicted molar refractivity (Wildman–Crippen MR) is 87.0 cm³/mol. The Kier molecular flexibility index (Phi) is 3.86. The number of rotatable bonds is 3. The van der Waals surface area contributed by atoms with Crippen LogP contribution >= 0.6 is 0 Å². The topological polar surface area (TPSA) is 67.3 Å². The molecule has 1 aromatic carbocycles. The van der Waals surface area contributed by atoms with Crippen molar-refractivity contribution in [2.75, 3.05) is 4.90 Å². The lowest BCUT2D eigenvalue weighted by Gasteiger charge is -2.23. The number of para-hydroxylation sites is 1. The summed E-state index contributed by atoms with van der Waals surface area (Å²) >= 11 is 0. The van der Waals surface area contributed by atoms with E-state index in [1.54, 1.807) is 29.1 Å². The lowest BCUT2D eigenvalue weighted by Crippen LogP contribution is -2.50. The first-order chi connectivity index (χ1) is 11.0. The van der Waals surface area contributed by atoms with Crippen molar-refractivity contribution in [1.82, 2.24) is 0 Å². The largest absolute Gasteiger partial charge is 0.365 e. The zero-order valence-electron chi connectivity index (χ0n) is 13.3. The van der Waals surface area contributed by atoms with E-state index in [0.29, 0.717) is 5.56 Å². The fraction of sp³-hybridized carbons (Fsp3) is 0.278. The smallest absolute Gasteiger partial charge is 0.296 e. The molecule has 0 unspecified atom stereocenters. The Morgan fingerprint density at radius 2 is 2.00 bits per heavy atom. The van der Waals surface area contributed by atoms with E-state index in [1.165, 1.54) is 5.56 Å².